The smallest absolute Gasteiger partial charge is 0.163 e. The largest absolute Gasteiger partial charge is 0.504 e. The number of phenolic OH excluding ortho intramolecular Hbond substituents is 1. The molecule has 6 heteroatoms. The van der Waals surface area contributed by atoms with Gasteiger partial charge in [-0.3, -0.25) is 0 Å². The van der Waals surface area contributed by atoms with E-state index < -0.39 is 0 Å². The van der Waals surface area contributed by atoms with Gasteiger partial charge >= 0.3 is 0 Å². The highest BCUT2D eigenvalue weighted by atomic mass is 16.5. The molecule has 0 aliphatic heterocycles. The second-order valence-corrected chi connectivity index (χ2v) is 6.15. The molecule has 4 aromatic rings. The summed E-state index contributed by atoms with van der Waals surface area (Å²) in [5, 5.41) is 17.3. The number of aromatic hydroxyl groups is 1. The zero-order chi connectivity index (χ0) is 19.3. The Bertz CT molecular complexity index is 1130. The van der Waals surface area contributed by atoms with Crippen LogP contribution in [0.2, 0.25) is 0 Å². The summed E-state index contributed by atoms with van der Waals surface area (Å²) in [5.74, 6) is 0.594. The normalized spacial score (nSPS) is 11.2. The van der Waals surface area contributed by atoms with Gasteiger partial charge in [-0.25, -0.2) is 9.50 Å². The van der Waals surface area contributed by atoms with Crippen LogP contribution in [0, 0.1) is 6.07 Å². The maximum absolute atomic E-state index is 9.65. The first-order valence-corrected chi connectivity index (χ1v) is 8.83. The number of hydrogen-bond donors (Lipinski definition) is 2. The molecule has 2 heterocycles. The molecule has 0 spiro atoms. The number of ether oxygens (including phenoxy) is 1. The topological polar surface area (TPSA) is 71.7 Å². The number of nitrogens with zero attached hydrogens (tertiary/aromatic N) is 3. The third-order valence-corrected chi connectivity index (χ3v) is 4.32. The van der Waals surface area contributed by atoms with E-state index in [4.69, 9.17) is 4.74 Å². The van der Waals surface area contributed by atoms with E-state index in [2.05, 4.69) is 27.5 Å². The quantitative estimate of drug-likeness (QED) is 0.535. The SMILES string of the molecule is COc1cc(/C=C/CNc2cccc(-c3ccnc4[c]cnn34)c2)ccc1O. The molecule has 0 atom stereocenters. The van der Waals surface area contributed by atoms with Crippen molar-refractivity contribution in [2.24, 2.45) is 0 Å². The van der Waals surface area contributed by atoms with Gasteiger partial charge in [0.2, 0.25) is 0 Å². The summed E-state index contributed by atoms with van der Waals surface area (Å²) in [4.78, 5) is 4.25. The van der Waals surface area contributed by atoms with Crippen LogP contribution in [0.15, 0.2) is 67.0 Å². The minimum Gasteiger partial charge on any atom is -0.504 e. The fourth-order valence-corrected chi connectivity index (χ4v) is 2.95. The number of aromatic nitrogens is 3. The van der Waals surface area contributed by atoms with Crippen molar-refractivity contribution >= 4 is 17.4 Å². The van der Waals surface area contributed by atoms with Crippen molar-refractivity contribution in [1.82, 2.24) is 14.6 Å². The molecule has 4 rings (SSSR count). The lowest BCUT2D eigenvalue weighted by atomic mass is 10.1. The van der Waals surface area contributed by atoms with Gasteiger partial charge in [-0.2, -0.15) is 5.10 Å². The summed E-state index contributed by atoms with van der Waals surface area (Å²) in [7, 11) is 1.54. The Morgan fingerprint density at radius 3 is 3.04 bits per heavy atom. The van der Waals surface area contributed by atoms with Gasteiger partial charge < -0.3 is 15.2 Å². The van der Waals surface area contributed by atoms with Gasteiger partial charge in [-0.05, 0) is 35.9 Å². The molecule has 139 valence electrons. The molecule has 0 amide bonds. The minimum absolute atomic E-state index is 0.134. The van der Waals surface area contributed by atoms with Crippen LogP contribution in [0.3, 0.4) is 0 Å². The lowest BCUT2D eigenvalue weighted by molar-refractivity contribution is 0.373. The molecule has 0 aliphatic rings. The van der Waals surface area contributed by atoms with Gasteiger partial charge in [-0.1, -0.05) is 30.4 Å². The van der Waals surface area contributed by atoms with E-state index in [-0.39, 0.29) is 5.75 Å². The number of anilines is 1. The molecule has 2 aromatic carbocycles. The van der Waals surface area contributed by atoms with Crippen LogP contribution in [0.1, 0.15) is 5.56 Å². The maximum atomic E-state index is 9.65. The second-order valence-electron chi connectivity index (χ2n) is 6.15. The van der Waals surface area contributed by atoms with Crippen LogP contribution in [0.25, 0.3) is 23.0 Å². The van der Waals surface area contributed by atoms with E-state index in [0.717, 1.165) is 22.5 Å². The zero-order valence-corrected chi connectivity index (χ0v) is 15.3. The highest BCUT2D eigenvalue weighted by Gasteiger charge is 2.05. The third kappa shape index (κ3) is 3.66. The predicted molar refractivity (Wildman–Crippen MR) is 109 cm³/mol. The summed E-state index contributed by atoms with van der Waals surface area (Å²) >= 11 is 0. The number of fused-ring (bicyclic) bond motifs is 1. The summed E-state index contributed by atoms with van der Waals surface area (Å²) in [6, 6.07) is 18.3. The van der Waals surface area contributed by atoms with Crippen molar-refractivity contribution in [3.05, 3.63) is 78.6 Å². The lowest BCUT2D eigenvalue weighted by Crippen LogP contribution is -1.99. The Morgan fingerprint density at radius 2 is 2.14 bits per heavy atom. The first-order valence-electron chi connectivity index (χ1n) is 8.83. The van der Waals surface area contributed by atoms with Crippen LogP contribution in [-0.2, 0) is 0 Å². The van der Waals surface area contributed by atoms with Crippen LogP contribution in [-0.4, -0.2) is 33.4 Å². The van der Waals surface area contributed by atoms with Gasteiger partial charge in [0, 0.05) is 24.0 Å². The number of benzene rings is 2. The summed E-state index contributed by atoms with van der Waals surface area (Å²) < 4.78 is 6.90. The van der Waals surface area contributed by atoms with E-state index in [1.807, 2.05) is 42.5 Å². The molecule has 2 N–H and O–H groups in total. The average Bonchev–Trinajstić information content (AvgIpc) is 3.21. The van der Waals surface area contributed by atoms with Gasteiger partial charge in [0.15, 0.2) is 17.1 Å². The molecule has 0 aliphatic carbocycles. The van der Waals surface area contributed by atoms with Crippen LogP contribution < -0.4 is 10.1 Å². The first-order chi connectivity index (χ1) is 13.7. The fraction of sp³-hybridized carbons (Fsp3) is 0.0909. The van der Waals surface area contributed by atoms with Gasteiger partial charge in [0.05, 0.1) is 25.1 Å². The van der Waals surface area contributed by atoms with E-state index >= 15 is 0 Å². The molecule has 6 nitrogen and oxygen atoms in total. The lowest BCUT2D eigenvalue weighted by Gasteiger charge is -2.08. The van der Waals surface area contributed by atoms with E-state index in [0.29, 0.717) is 17.9 Å². The predicted octanol–water partition coefficient (Wildman–Crippen LogP) is 4.04. The standard InChI is InChI=1S/C22H19N4O2/c1-28-21-14-16(7-8-20(21)27)4-3-11-23-18-6-2-5-17(15-18)19-9-12-24-22-10-13-25-26(19)22/h2-9,12-15,23,27H,11H2,1H3/b4-3+. The van der Waals surface area contributed by atoms with Crippen LogP contribution in [0.5, 0.6) is 11.5 Å². The van der Waals surface area contributed by atoms with Crippen molar-refractivity contribution in [3.8, 4) is 22.8 Å². The molecule has 2 aromatic heterocycles. The fourth-order valence-electron chi connectivity index (χ4n) is 2.95. The molecule has 0 unspecified atom stereocenters. The van der Waals surface area contributed by atoms with Crippen molar-refractivity contribution in [1.29, 1.82) is 0 Å². The number of nitrogens with one attached hydrogen (secondary N) is 1. The van der Waals surface area contributed by atoms with Gasteiger partial charge in [0.1, 0.15) is 0 Å². The number of methoxy groups -OCH3 is 1. The highest BCUT2D eigenvalue weighted by Crippen LogP contribution is 2.27. The summed E-state index contributed by atoms with van der Waals surface area (Å²) in [5.41, 5.74) is 4.66. The Kier molecular flexibility index (Phi) is 4.93. The summed E-state index contributed by atoms with van der Waals surface area (Å²) in [6.07, 6.45) is 7.38. The zero-order valence-electron chi connectivity index (χ0n) is 15.3. The Labute approximate surface area is 162 Å². The highest BCUT2D eigenvalue weighted by molar-refractivity contribution is 5.67. The van der Waals surface area contributed by atoms with E-state index in [1.54, 1.807) is 29.0 Å². The molecule has 0 saturated heterocycles. The van der Waals surface area contributed by atoms with Gasteiger partial charge in [-0.15, -0.1) is 0 Å². The minimum atomic E-state index is 0.134. The molecule has 0 saturated carbocycles. The van der Waals surface area contributed by atoms with Crippen molar-refractivity contribution in [2.45, 2.75) is 0 Å². The molecule has 0 bridgehead atoms. The second kappa shape index (κ2) is 7.84. The van der Waals surface area contributed by atoms with Crippen molar-refractivity contribution in [2.75, 3.05) is 19.0 Å². The van der Waals surface area contributed by atoms with Crippen LogP contribution in [0.4, 0.5) is 5.69 Å². The van der Waals surface area contributed by atoms with E-state index in [9.17, 15) is 5.11 Å². The molecule has 0 fully saturated rings. The number of hydrogen-bond acceptors (Lipinski definition) is 5. The average molecular weight is 371 g/mol. The maximum Gasteiger partial charge on any atom is 0.163 e. The molecular formula is C22H19N4O2. The van der Waals surface area contributed by atoms with Crippen molar-refractivity contribution in [3.63, 3.8) is 0 Å². The third-order valence-electron chi connectivity index (χ3n) is 4.32. The monoisotopic (exact) mass is 371 g/mol. The Balaban J connectivity index is 1.46. The van der Waals surface area contributed by atoms with Crippen LogP contribution >= 0.6 is 0 Å². The molecular weight excluding hydrogens is 352 g/mol. The molecule has 1 radical (unpaired) electrons. The molecule has 28 heavy (non-hydrogen) atoms. The number of phenols is 1. The number of rotatable bonds is 6. The van der Waals surface area contributed by atoms with E-state index in [1.165, 1.54) is 7.11 Å². The van der Waals surface area contributed by atoms with Gasteiger partial charge in [0.25, 0.3) is 0 Å². The Morgan fingerprint density at radius 1 is 1.21 bits per heavy atom. The summed E-state index contributed by atoms with van der Waals surface area (Å²) in [6.45, 7) is 0.661. The Hall–Kier alpha value is -3.80. The first kappa shape index (κ1) is 17.6. The van der Waals surface area contributed by atoms with Crippen molar-refractivity contribution < 1.29 is 9.84 Å².